The summed E-state index contributed by atoms with van der Waals surface area (Å²) in [5.74, 6) is 2.09. The first-order valence-corrected chi connectivity index (χ1v) is 20.6. The third kappa shape index (κ3) is 8.45. The van der Waals surface area contributed by atoms with Gasteiger partial charge in [-0.05, 0) is 96.8 Å². The molecular weight excluding hydrogens is 955 g/mol. The van der Waals surface area contributed by atoms with Crippen LogP contribution in [0.1, 0.15) is 36.1 Å². The van der Waals surface area contributed by atoms with Crippen LogP contribution in [0, 0.1) is 28.7 Å². The number of para-hydroxylation sites is 6. The van der Waals surface area contributed by atoms with Crippen LogP contribution in [0.5, 0.6) is 23.0 Å². The predicted octanol–water partition coefficient (Wildman–Crippen LogP) is 14.6. The summed E-state index contributed by atoms with van der Waals surface area (Å²) in [5, 5.41) is 26.5. The van der Waals surface area contributed by atoms with Crippen molar-refractivity contribution >= 4 is 38.9 Å². The number of aliphatic hydroxyl groups is 2. The number of anilines is 3. The van der Waals surface area contributed by atoms with Crippen molar-refractivity contribution in [2.75, 3.05) is 18.1 Å². The molecule has 0 amide bonds. The number of hydrogen-bond donors (Lipinski definition) is 2. The van der Waals surface area contributed by atoms with E-state index in [4.69, 9.17) is 9.47 Å². The van der Waals surface area contributed by atoms with Crippen LogP contribution in [-0.2, 0) is 32.3 Å². The molecule has 10 rings (SSSR count). The van der Waals surface area contributed by atoms with Crippen LogP contribution in [-0.4, -0.2) is 37.5 Å². The minimum Gasteiger partial charge on any atom is -0.582 e. The van der Waals surface area contributed by atoms with E-state index in [0.29, 0.717) is 13.2 Å². The fourth-order valence-electron chi connectivity index (χ4n) is 8.95. The molecular formula is C57H56HfN2O4. The molecule has 0 radical (unpaired) electrons. The van der Waals surface area contributed by atoms with Gasteiger partial charge < -0.3 is 44.0 Å². The van der Waals surface area contributed by atoms with Crippen molar-refractivity contribution < 1.29 is 45.5 Å². The number of aryl methyl sites for hydroxylation is 2. The Hall–Kier alpha value is -6.57. The maximum atomic E-state index is 12.1. The van der Waals surface area contributed by atoms with E-state index in [1.54, 1.807) is 0 Å². The smallest absolute Gasteiger partial charge is 0.262 e. The van der Waals surface area contributed by atoms with E-state index < -0.39 is 0 Å². The van der Waals surface area contributed by atoms with Crippen LogP contribution in [0.3, 0.4) is 0 Å². The zero-order valence-corrected chi connectivity index (χ0v) is 39.8. The summed E-state index contributed by atoms with van der Waals surface area (Å²) in [7, 11) is 0. The van der Waals surface area contributed by atoms with Gasteiger partial charge in [-0.1, -0.05) is 104 Å². The van der Waals surface area contributed by atoms with Crippen LogP contribution in [0.15, 0.2) is 170 Å². The maximum Gasteiger partial charge on any atom is 0.262 e. The molecule has 4 N–H and O–H groups in total. The summed E-state index contributed by atoms with van der Waals surface area (Å²) in [4.78, 5) is 2.20. The van der Waals surface area contributed by atoms with Crippen molar-refractivity contribution in [3.05, 3.63) is 207 Å². The molecule has 9 aromatic rings. The van der Waals surface area contributed by atoms with Crippen LogP contribution in [0.25, 0.3) is 49.7 Å². The van der Waals surface area contributed by atoms with E-state index in [9.17, 15) is 10.2 Å². The molecule has 0 bridgehead atoms. The minimum absolute atomic E-state index is 0. The van der Waals surface area contributed by atoms with E-state index in [1.807, 2.05) is 66.7 Å². The summed E-state index contributed by atoms with van der Waals surface area (Å²) in [5.41, 5.74) is 13.5. The molecule has 0 saturated carbocycles. The Morgan fingerprint density at radius 2 is 0.875 bits per heavy atom. The number of hydrogen-bond acceptors (Lipinski definition) is 3. The Morgan fingerprint density at radius 1 is 0.469 bits per heavy atom. The fourth-order valence-corrected chi connectivity index (χ4v) is 8.95. The van der Waals surface area contributed by atoms with Gasteiger partial charge in [-0.15, -0.1) is 0 Å². The van der Waals surface area contributed by atoms with Crippen molar-refractivity contribution in [3.8, 4) is 50.9 Å². The van der Waals surface area contributed by atoms with Gasteiger partial charge >= 0.3 is 0 Å². The topological polar surface area (TPSA) is 74.2 Å². The molecule has 8 aromatic carbocycles. The van der Waals surface area contributed by atoms with Crippen molar-refractivity contribution in [1.29, 1.82) is 0 Å². The van der Waals surface area contributed by atoms with Gasteiger partial charge in [0.05, 0.1) is 33.5 Å². The molecule has 7 heteroatoms. The molecule has 322 valence electrons. The number of rotatable bonds is 10. The number of ether oxygens (including phenoxy) is 2. The van der Waals surface area contributed by atoms with Gasteiger partial charge in [-0.25, -0.2) is 0 Å². The zero-order chi connectivity index (χ0) is 40.7. The predicted molar refractivity (Wildman–Crippen MR) is 266 cm³/mol. The fraction of sp³-hybridized carbons (Fsp3) is 0.123. The molecule has 0 atom stereocenters. The number of phenolic OH excluding ortho intramolecular Hbond substituents is 2. The first-order valence-electron chi connectivity index (χ1n) is 20.6. The Morgan fingerprint density at radius 3 is 1.39 bits per heavy atom. The van der Waals surface area contributed by atoms with Crippen LogP contribution < -0.4 is 4.90 Å². The van der Waals surface area contributed by atoms with Crippen LogP contribution >= 0.6 is 0 Å². The molecule has 0 unspecified atom stereocenters. The van der Waals surface area contributed by atoms with E-state index in [2.05, 4.69) is 126 Å². The molecule has 0 fully saturated rings. The Labute approximate surface area is 396 Å². The Bertz CT molecular complexity index is 2980. The summed E-state index contributed by atoms with van der Waals surface area (Å²) in [6, 6.07) is 57.9. The van der Waals surface area contributed by atoms with Gasteiger partial charge in [0.2, 0.25) is 0 Å². The molecule has 1 aliphatic rings. The molecule has 1 aliphatic heterocycles. The van der Waals surface area contributed by atoms with Gasteiger partial charge in [0.1, 0.15) is 17.9 Å². The van der Waals surface area contributed by atoms with Gasteiger partial charge in [0, 0.05) is 77.7 Å². The normalized spacial score (nSPS) is 11.3. The summed E-state index contributed by atoms with van der Waals surface area (Å²) in [6.07, 6.45) is 1.57. The average Bonchev–Trinajstić information content (AvgIpc) is 3.61. The molecule has 6 nitrogen and oxygen atoms in total. The third-order valence-corrected chi connectivity index (χ3v) is 11.6. The Kier molecular flexibility index (Phi) is 14.6. The first kappa shape index (κ1) is 46.9. The SMILES string of the molecule is C.Cc1cc(-c2ccccc2[OH+]CCC[OH+]c2ccccc2-c2cc(C)cc(-n3c4ccccc4c4ccccc43)c2O)c(O)c(N2c3ccccc3Cc3ccccc32)c1.[CH3-].[CH3-].[Hf]. The minimum atomic E-state index is 0. The molecule has 1 aromatic heterocycles. The van der Waals surface area contributed by atoms with Crippen molar-refractivity contribution in [2.24, 2.45) is 0 Å². The second-order valence-electron chi connectivity index (χ2n) is 15.7. The van der Waals surface area contributed by atoms with Gasteiger partial charge in [-0.2, -0.15) is 0 Å². The standard InChI is InChI=1S/C54H44N2O4.CH4.2CH3.Hf/c1-35-30-43(53(57)49(32-35)55-45-22-9-3-16-37(45)34-38-17-4-10-23-46(38)55)41-20-7-13-26-51(41)59-28-15-29-60-52-27-14-8-21-42(52)44-31-36(2)33-50(54(44)58)56-47-24-11-5-18-39(47)40-19-6-12-25-48(40)56;;;;/h3-14,16-27,30-33,57-58H,15,28-29,34H2,1-2H3;1H4;2*1H3;/q;;2*-1;/p+2. The maximum absolute atomic E-state index is 12.1. The molecule has 0 spiro atoms. The number of fused-ring (bicyclic) bond motifs is 5. The monoisotopic (exact) mass is 1010 g/mol. The van der Waals surface area contributed by atoms with Crippen molar-refractivity contribution in [2.45, 2.75) is 34.1 Å². The number of phenols is 2. The van der Waals surface area contributed by atoms with Crippen LogP contribution in [0.2, 0.25) is 0 Å². The van der Waals surface area contributed by atoms with E-state index >= 15 is 0 Å². The summed E-state index contributed by atoms with van der Waals surface area (Å²) in [6.45, 7) is 5.27. The molecule has 2 heterocycles. The van der Waals surface area contributed by atoms with Gasteiger partial charge in [0.15, 0.2) is 13.2 Å². The summed E-state index contributed by atoms with van der Waals surface area (Å²) >= 11 is 0. The van der Waals surface area contributed by atoms with Gasteiger partial charge in [0.25, 0.3) is 11.5 Å². The summed E-state index contributed by atoms with van der Waals surface area (Å²) < 4.78 is 12.3. The van der Waals surface area contributed by atoms with E-state index in [-0.39, 0.29) is 59.6 Å². The van der Waals surface area contributed by atoms with E-state index in [1.165, 1.54) is 11.1 Å². The zero-order valence-electron chi connectivity index (χ0n) is 36.2. The van der Waals surface area contributed by atoms with Gasteiger partial charge in [-0.3, -0.25) is 0 Å². The number of aromatic nitrogens is 1. The third-order valence-electron chi connectivity index (χ3n) is 11.6. The Balaban J connectivity index is 0.00000170. The molecule has 0 aliphatic carbocycles. The molecule has 0 saturated heterocycles. The van der Waals surface area contributed by atoms with Crippen molar-refractivity contribution in [3.63, 3.8) is 0 Å². The second kappa shape index (κ2) is 19.9. The van der Waals surface area contributed by atoms with E-state index in [0.717, 1.165) is 102 Å². The number of benzene rings is 8. The quantitative estimate of drug-likeness (QED) is 0.0620. The largest absolute Gasteiger partial charge is 0.582 e. The average molecular weight is 1010 g/mol. The number of nitrogens with zero attached hydrogens (tertiary/aromatic N) is 2. The van der Waals surface area contributed by atoms with Crippen LogP contribution in [0.4, 0.5) is 17.1 Å². The number of aromatic hydroxyl groups is 4. The molecule has 64 heavy (non-hydrogen) atoms. The first-order chi connectivity index (χ1) is 29.4. The van der Waals surface area contributed by atoms with Crippen molar-refractivity contribution in [1.82, 2.24) is 4.57 Å². The second-order valence-corrected chi connectivity index (χ2v) is 15.7.